The van der Waals surface area contributed by atoms with E-state index in [1.54, 1.807) is 13.8 Å². The summed E-state index contributed by atoms with van der Waals surface area (Å²) in [4.78, 5) is 25.0. The molecule has 0 heterocycles. The van der Waals surface area contributed by atoms with Crippen molar-refractivity contribution >= 4 is 11.8 Å². The van der Waals surface area contributed by atoms with E-state index in [0.717, 1.165) is 23.3 Å². The summed E-state index contributed by atoms with van der Waals surface area (Å²) < 4.78 is 33.7. The van der Waals surface area contributed by atoms with Gasteiger partial charge in [-0.1, -0.05) is 68.4 Å². The number of nitrogens with one attached hydrogen (secondary N) is 2. The van der Waals surface area contributed by atoms with Crippen molar-refractivity contribution in [1.82, 2.24) is 10.6 Å². The Kier molecular flexibility index (Phi) is 8.13. The molecule has 0 bridgehead atoms. The lowest BCUT2D eigenvalue weighted by Crippen LogP contribution is -2.50. The van der Waals surface area contributed by atoms with Gasteiger partial charge >= 0.3 is 0 Å². The summed E-state index contributed by atoms with van der Waals surface area (Å²) in [7, 11) is 0. The van der Waals surface area contributed by atoms with Crippen LogP contribution in [0, 0.1) is 17.6 Å². The van der Waals surface area contributed by atoms with Gasteiger partial charge in [0.15, 0.2) is 0 Å². The molecule has 0 aliphatic carbocycles. The van der Waals surface area contributed by atoms with Crippen molar-refractivity contribution in [2.45, 2.75) is 19.9 Å². The number of ether oxygens (including phenoxy) is 1. The number of hydrogen-bond donors (Lipinski definition) is 2. The van der Waals surface area contributed by atoms with Gasteiger partial charge < -0.3 is 15.4 Å². The van der Waals surface area contributed by atoms with E-state index in [9.17, 15) is 18.4 Å². The summed E-state index contributed by atoms with van der Waals surface area (Å²) in [5.74, 6) is -3.03. The van der Waals surface area contributed by atoms with Crippen LogP contribution in [0.15, 0.2) is 72.8 Å². The zero-order chi connectivity index (χ0) is 23.8. The van der Waals surface area contributed by atoms with E-state index in [2.05, 4.69) is 10.6 Å². The third kappa shape index (κ3) is 6.16. The molecule has 0 aliphatic heterocycles. The van der Waals surface area contributed by atoms with Crippen LogP contribution in [0.1, 0.15) is 24.2 Å². The Bertz CT molecular complexity index is 1080. The molecule has 3 aromatic carbocycles. The maximum absolute atomic E-state index is 13.9. The largest absolute Gasteiger partial charge is 0.491 e. The Balaban J connectivity index is 1.58. The maximum atomic E-state index is 13.9. The fourth-order valence-corrected chi connectivity index (χ4v) is 3.36. The molecule has 2 N–H and O–H groups in total. The summed E-state index contributed by atoms with van der Waals surface area (Å²) in [6, 6.07) is 19.6. The summed E-state index contributed by atoms with van der Waals surface area (Å²) in [6.07, 6.45) is 0. The van der Waals surface area contributed by atoms with Crippen LogP contribution < -0.4 is 15.4 Å². The maximum Gasteiger partial charge on any atom is 0.257 e. The van der Waals surface area contributed by atoms with Crippen LogP contribution in [0.5, 0.6) is 5.75 Å². The molecule has 2 amide bonds. The first kappa shape index (κ1) is 23.9. The topological polar surface area (TPSA) is 67.4 Å². The lowest BCUT2D eigenvalue weighted by molar-refractivity contribution is -0.124. The summed E-state index contributed by atoms with van der Waals surface area (Å²) in [5.41, 5.74) is 1.24. The van der Waals surface area contributed by atoms with Gasteiger partial charge in [-0.05, 0) is 29.7 Å². The average molecular weight is 453 g/mol. The Hall–Kier alpha value is -3.74. The Morgan fingerprint density at radius 3 is 2.18 bits per heavy atom. The smallest absolute Gasteiger partial charge is 0.257 e. The van der Waals surface area contributed by atoms with E-state index in [1.165, 1.54) is 6.07 Å². The molecule has 0 aliphatic rings. The van der Waals surface area contributed by atoms with Crippen LogP contribution in [0.3, 0.4) is 0 Å². The predicted octanol–water partition coefficient (Wildman–Crippen LogP) is 4.58. The monoisotopic (exact) mass is 452 g/mol. The molecular weight excluding hydrogens is 426 g/mol. The van der Waals surface area contributed by atoms with Gasteiger partial charge in [0.2, 0.25) is 5.91 Å². The van der Waals surface area contributed by atoms with Crippen LogP contribution in [-0.2, 0) is 4.79 Å². The Labute approximate surface area is 191 Å². The minimum absolute atomic E-state index is 0.190. The molecule has 0 unspecified atom stereocenters. The van der Waals surface area contributed by atoms with Crippen LogP contribution in [-0.4, -0.2) is 31.0 Å². The first-order valence-corrected chi connectivity index (χ1v) is 10.7. The van der Waals surface area contributed by atoms with Gasteiger partial charge in [-0.15, -0.1) is 0 Å². The lowest BCUT2D eigenvalue weighted by atomic mass is 10.0. The Morgan fingerprint density at radius 2 is 1.52 bits per heavy atom. The van der Waals surface area contributed by atoms with E-state index in [-0.39, 0.29) is 19.1 Å². The number of rotatable bonds is 9. The molecule has 33 heavy (non-hydrogen) atoms. The number of amides is 2. The molecule has 0 fully saturated rings. The number of carbonyl (C=O) groups excluding carboxylic acids is 2. The van der Waals surface area contributed by atoms with Crippen molar-refractivity contribution < 1.29 is 23.1 Å². The van der Waals surface area contributed by atoms with Crippen LogP contribution in [0.25, 0.3) is 11.1 Å². The second kappa shape index (κ2) is 11.2. The van der Waals surface area contributed by atoms with E-state index >= 15 is 0 Å². The fraction of sp³-hybridized carbons (Fsp3) is 0.231. The van der Waals surface area contributed by atoms with E-state index < -0.39 is 35.1 Å². The average Bonchev–Trinajstić information content (AvgIpc) is 2.80. The second-order valence-corrected chi connectivity index (χ2v) is 7.79. The number of para-hydroxylation sites is 1. The van der Waals surface area contributed by atoms with Crippen molar-refractivity contribution in [1.29, 1.82) is 0 Å². The highest BCUT2D eigenvalue weighted by Gasteiger charge is 2.27. The van der Waals surface area contributed by atoms with Gasteiger partial charge in [0.05, 0.1) is 6.54 Å². The molecule has 1 atom stereocenters. The molecule has 5 nitrogen and oxygen atoms in total. The van der Waals surface area contributed by atoms with E-state index in [1.807, 2.05) is 54.6 Å². The van der Waals surface area contributed by atoms with Crippen molar-refractivity contribution in [3.8, 4) is 16.9 Å². The van der Waals surface area contributed by atoms with E-state index in [4.69, 9.17) is 4.74 Å². The molecule has 0 radical (unpaired) electrons. The third-order valence-corrected chi connectivity index (χ3v) is 5.06. The highest BCUT2D eigenvalue weighted by molar-refractivity contribution is 5.98. The van der Waals surface area contributed by atoms with Gasteiger partial charge in [0, 0.05) is 5.56 Å². The molecule has 7 heteroatoms. The first-order chi connectivity index (χ1) is 15.9. The highest BCUT2D eigenvalue weighted by Crippen LogP contribution is 2.29. The highest BCUT2D eigenvalue weighted by atomic mass is 19.1. The Morgan fingerprint density at radius 1 is 0.879 bits per heavy atom. The fourth-order valence-electron chi connectivity index (χ4n) is 3.36. The van der Waals surface area contributed by atoms with Gasteiger partial charge in [-0.25, -0.2) is 8.78 Å². The lowest BCUT2D eigenvalue weighted by Gasteiger charge is -2.22. The zero-order valence-corrected chi connectivity index (χ0v) is 18.5. The molecule has 0 aromatic heterocycles. The van der Waals surface area contributed by atoms with Gasteiger partial charge in [0.25, 0.3) is 5.91 Å². The van der Waals surface area contributed by atoms with Crippen molar-refractivity contribution in [2.75, 3.05) is 13.2 Å². The number of carbonyl (C=O) groups is 2. The van der Waals surface area contributed by atoms with Crippen LogP contribution >= 0.6 is 0 Å². The number of halogens is 2. The first-order valence-electron chi connectivity index (χ1n) is 10.7. The minimum Gasteiger partial charge on any atom is -0.491 e. The second-order valence-electron chi connectivity index (χ2n) is 7.79. The summed E-state index contributed by atoms with van der Waals surface area (Å²) >= 11 is 0. The molecule has 172 valence electrons. The van der Waals surface area contributed by atoms with Gasteiger partial charge in [-0.3, -0.25) is 9.59 Å². The molecule has 0 saturated carbocycles. The molecule has 0 spiro atoms. The molecule has 0 saturated heterocycles. The van der Waals surface area contributed by atoms with Crippen molar-refractivity contribution in [2.24, 2.45) is 5.92 Å². The minimum atomic E-state index is -0.985. The number of benzene rings is 3. The van der Waals surface area contributed by atoms with Gasteiger partial charge in [-0.2, -0.15) is 0 Å². The zero-order valence-electron chi connectivity index (χ0n) is 18.5. The predicted molar refractivity (Wildman–Crippen MR) is 123 cm³/mol. The molecule has 3 aromatic rings. The van der Waals surface area contributed by atoms with Gasteiger partial charge in [0.1, 0.15) is 35.6 Å². The molecular formula is C26H26F2N2O3. The van der Waals surface area contributed by atoms with Crippen molar-refractivity contribution in [3.05, 3.63) is 90.0 Å². The standard InChI is InChI=1S/C26H26F2N2O3/c1-17(2)24(30-25(31)23-20(27)12-8-13-21(23)28)26(32)29-15-16-33-22-14-7-6-11-19(22)18-9-4-3-5-10-18/h3-14,17,24H,15-16H2,1-2H3,(H,29,32)(H,30,31)/t24-/m0/s1. The van der Waals surface area contributed by atoms with Crippen LogP contribution in [0.4, 0.5) is 8.78 Å². The van der Waals surface area contributed by atoms with Crippen molar-refractivity contribution in [3.63, 3.8) is 0 Å². The van der Waals surface area contributed by atoms with Crippen LogP contribution in [0.2, 0.25) is 0 Å². The number of hydrogen-bond acceptors (Lipinski definition) is 3. The normalized spacial score (nSPS) is 11.7. The quantitative estimate of drug-likeness (QED) is 0.467. The van der Waals surface area contributed by atoms with E-state index in [0.29, 0.717) is 5.75 Å². The molecule has 3 rings (SSSR count). The SMILES string of the molecule is CC(C)[C@H](NC(=O)c1c(F)cccc1F)C(=O)NCCOc1ccccc1-c1ccccc1. The summed E-state index contributed by atoms with van der Waals surface area (Å²) in [5, 5.41) is 5.15. The summed E-state index contributed by atoms with van der Waals surface area (Å²) in [6.45, 7) is 3.86. The third-order valence-electron chi connectivity index (χ3n) is 5.06.